The molecule has 4 fully saturated rings. The maximum atomic E-state index is 16.5. The molecule has 254 valence electrons. The molecule has 2 amide bonds. The summed E-state index contributed by atoms with van der Waals surface area (Å²) in [4.78, 5) is 51.1. The third-order valence-corrected chi connectivity index (χ3v) is 11.3. The number of alkyl carbamates (subject to hydrolysis) is 1. The van der Waals surface area contributed by atoms with Crippen molar-refractivity contribution in [2.24, 2.45) is 40.9 Å². The standard InChI is InChI=1S/C35H44F2N4O6/c1-16-27-15-41(28(16)17(2)42)32(43)30(34(3,4)5)40-33(44)47-26-13-19-11-22(19)21(26)9-7-18-12-23(18)35(36,37)29-31(46-27)39-25-14-20(45-6)8-10-24(25)38-29/h8,10,14,16,18-19,21-23,26-28,30H,7,9,11-13,15H2,1-6H3,(H,40,44)/t16-,18?,19?,21-,22+,23?,26-,27+,28+,30-/m1/s1. The lowest BCUT2D eigenvalue weighted by molar-refractivity contribution is -0.141. The molecule has 1 N–H and O–H groups in total. The van der Waals surface area contributed by atoms with Crippen molar-refractivity contribution in [3.05, 3.63) is 23.9 Å². The minimum Gasteiger partial charge on any atom is -0.497 e. The summed E-state index contributed by atoms with van der Waals surface area (Å²) in [6.45, 7) is 8.61. The highest BCUT2D eigenvalue weighted by atomic mass is 19.3. The first-order chi connectivity index (χ1) is 22.2. The number of fused-ring (bicyclic) bond motifs is 8. The van der Waals surface area contributed by atoms with Crippen LogP contribution in [-0.4, -0.2) is 70.6 Å². The SMILES string of the molecule is COc1ccc2nc3c(nc2c1)O[C@H]1CN(C(=O)[C@H](C(C)(C)C)NC(=O)O[C@@H]2CC4C[C@@H]4[C@H]2CCC2CC2C3(F)F)[C@H](C(C)=O)[C@@H]1C. The van der Waals surface area contributed by atoms with Crippen LogP contribution in [0, 0.1) is 40.9 Å². The Kier molecular flexibility index (Phi) is 7.67. The molecule has 3 aliphatic carbocycles. The summed E-state index contributed by atoms with van der Waals surface area (Å²) in [5, 5.41) is 2.85. The van der Waals surface area contributed by atoms with E-state index >= 15 is 8.78 Å². The lowest BCUT2D eigenvalue weighted by Gasteiger charge is -2.35. The van der Waals surface area contributed by atoms with Gasteiger partial charge in [0.2, 0.25) is 11.8 Å². The highest BCUT2D eigenvalue weighted by Gasteiger charge is 2.60. The number of nitrogens with one attached hydrogen (secondary N) is 1. The molecule has 47 heavy (non-hydrogen) atoms. The molecule has 1 aromatic carbocycles. The van der Waals surface area contributed by atoms with Gasteiger partial charge in [-0.05, 0) is 80.2 Å². The Balaban J connectivity index is 1.30. The number of nitrogens with zero attached hydrogens (tertiary/aromatic N) is 3. The summed E-state index contributed by atoms with van der Waals surface area (Å²) in [7, 11) is 1.51. The first-order valence-corrected chi connectivity index (χ1v) is 16.9. The number of ketones is 1. The van der Waals surface area contributed by atoms with Gasteiger partial charge >= 0.3 is 6.09 Å². The predicted molar refractivity (Wildman–Crippen MR) is 167 cm³/mol. The lowest BCUT2D eigenvalue weighted by atomic mass is 9.85. The van der Waals surface area contributed by atoms with Crippen LogP contribution < -0.4 is 14.8 Å². The Bertz CT molecular complexity index is 1610. The highest BCUT2D eigenvalue weighted by Crippen LogP contribution is 2.61. The van der Waals surface area contributed by atoms with E-state index in [0.717, 1.165) is 12.8 Å². The van der Waals surface area contributed by atoms with Gasteiger partial charge in [0.15, 0.2) is 11.5 Å². The number of carbonyl (C=O) groups is 3. The average Bonchev–Trinajstić information content (AvgIpc) is 3.90. The van der Waals surface area contributed by atoms with Crippen LogP contribution in [0.4, 0.5) is 13.6 Å². The van der Waals surface area contributed by atoms with Crippen LogP contribution >= 0.6 is 0 Å². The normalized spacial score (nSPS) is 36.4. The number of aromatic nitrogens is 2. The molecular weight excluding hydrogens is 610 g/mol. The van der Waals surface area contributed by atoms with Crippen molar-refractivity contribution < 1.29 is 37.4 Å². The molecule has 2 bridgehead atoms. The molecule has 1 saturated heterocycles. The van der Waals surface area contributed by atoms with E-state index in [1.165, 1.54) is 18.9 Å². The third kappa shape index (κ3) is 5.69. The number of rotatable bonds is 2. The molecule has 1 aromatic heterocycles. The van der Waals surface area contributed by atoms with Crippen molar-refractivity contribution in [3.8, 4) is 11.6 Å². The number of amides is 2. The van der Waals surface area contributed by atoms with Crippen LogP contribution in [0.2, 0.25) is 0 Å². The Morgan fingerprint density at radius 3 is 2.49 bits per heavy atom. The van der Waals surface area contributed by atoms with Crippen molar-refractivity contribution in [1.82, 2.24) is 20.2 Å². The number of hydrogen-bond acceptors (Lipinski definition) is 8. The molecular formula is C35H44F2N4O6. The second kappa shape index (κ2) is 11.3. The van der Waals surface area contributed by atoms with Crippen molar-refractivity contribution in [2.45, 2.75) is 96.9 Å². The van der Waals surface area contributed by atoms with Crippen molar-refractivity contribution in [2.75, 3.05) is 13.7 Å². The highest BCUT2D eigenvalue weighted by molar-refractivity contribution is 5.92. The first kappa shape index (κ1) is 32.0. The fraction of sp³-hybridized carbons (Fsp3) is 0.686. The van der Waals surface area contributed by atoms with Gasteiger partial charge in [-0.3, -0.25) is 9.59 Å². The quantitative estimate of drug-likeness (QED) is 0.451. The maximum absolute atomic E-state index is 16.5. The Labute approximate surface area is 273 Å². The molecule has 10 nitrogen and oxygen atoms in total. The van der Waals surface area contributed by atoms with Crippen LogP contribution in [0.1, 0.15) is 72.4 Å². The fourth-order valence-electron chi connectivity index (χ4n) is 8.56. The van der Waals surface area contributed by atoms with Gasteiger partial charge in [-0.1, -0.05) is 27.7 Å². The molecule has 3 heterocycles. The van der Waals surface area contributed by atoms with E-state index in [9.17, 15) is 14.4 Å². The van der Waals surface area contributed by atoms with E-state index in [-0.39, 0.29) is 36.1 Å². The topological polar surface area (TPSA) is 120 Å². The van der Waals surface area contributed by atoms with Crippen LogP contribution in [0.25, 0.3) is 11.0 Å². The maximum Gasteiger partial charge on any atom is 0.408 e. The van der Waals surface area contributed by atoms with Crippen molar-refractivity contribution in [1.29, 1.82) is 0 Å². The third-order valence-electron chi connectivity index (χ3n) is 11.3. The smallest absolute Gasteiger partial charge is 0.408 e. The number of hydrogen-bond donors (Lipinski definition) is 1. The number of ether oxygens (including phenoxy) is 3. The van der Waals surface area contributed by atoms with Crippen LogP contribution in [0.3, 0.4) is 0 Å². The number of halogens is 2. The molecule has 3 saturated carbocycles. The number of alkyl halides is 2. The minimum atomic E-state index is -3.32. The van der Waals surface area contributed by atoms with Crippen molar-refractivity contribution in [3.63, 3.8) is 0 Å². The number of Topliss-reactive ketones (excluding diaryl/α,β-unsaturated/α-hetero) is 1. The minimum absolute atomic E-state index is 0.0590. The van der Waals surface area contributed by atoms with E-state index in [4.69, 9.17) is 14.2 Å². The molecule has 2 aromatic rings. The summed E-state index contributed by atoms with van der Waals surface area (Å²) in [6.07, 6.45) is 1.62. The molecule has 10 atom stereocenters. The van der Waals surface area contributed by atoms with E-state index < -0.39 is 59.1 Å². The van der Waals surface area contributed by atoms with Gasteiger partial charge in [-0.15, -0.1) is 0 Å². The Hall–Kier alpha value is -3.57. The van der Waals surface area contributed by atoms with Gasteiger partial charge in [-0.25, -0.2) is 14.8 Å². The zero-order chi connectivity index (χ0) is 33.6. The summed E-state index contributed by atoms with van der Waals surface area (Å²) in [5.74, 6) is -4.55. The van der Waals surface area contributed by atoms with E-state index in [1.807, 2.05) is 20.8 Å². The average molecular weight is 655 g/mol. The molecule has 3 unspecified atom stereocenters. The van der Waals surface area contributed by atoms with Gasteiger partial charge in [0.1, 0.15) is 24.0 Å². The molecule has 0 spiro atoms. The zero-order valence-electron chi connectivity index (χ0n) is 27.8. The van der Waals surface area contributed by atoms with E-state index in [0.29, 0.717) is 47.9 Å². The van der Waals surface area contributed by atoms with Gasteiger partial charge in [0.25, 0.3) is 5.92 Å². The van der Waals surface area contributed by atoms with Crippen LogP contribution in [-0.2, 0) is 20.2 Å². The van der Waals surface area contributed by atoms with Crippen LogP contribution in [0.15, 0.2) is 18.2 Å². The molecule has 2 aliphatic heterocycles. The Morgan fingerprint density at radius 2 is 1.79 bits per heavy atom. The van der Waals surface area contributed by atoms with Gasteiger partial charge in [0.05, 0.1) is 30.7 Å². The van der Waals surface area contributed by atoms with Crippen LogP contribution in [0.5, 0.6) is 11.6 Å². The van der Waals surface area contributed by atoms with E-state index in [2.05, 4.69) is 15.3 Å². The molecule has 12 heteroatoms. The molecule has 5 aliphatic rings. The summed E-state index contributed by atoms with van der Waals surface area (Å²) < 4.78 is 50.7. The number of carbonyl (C=O) groups excluding carboxylic acids is 3. The second-order valence-electron chi connectivity index (χ2n) is 15.5. The van der Waals surface area contributed by atoms with Gasteiger partial charge < -0.3 is 24.4 Å². The summed E-state index contributed by atoms with van der Waals surface area (Å²) in [5.41, 5.74) is -0.628. The number of methoxy groups -OCH3 is 1. The number of benzene rings is 1. The zero-order valence-corrected chi connectivity index (χ0v) is 27.8. The largest absolute Gasteiger partial charge is 0.497 e. The lowest BCUT2D eigenvalue weighted by Crippen LogP contribution is -2.57. The van der Waals surface area contributed by atoms with Gasteiger partial charge in [-0.2, -0.15) is 8.78 Å². The summed E-state index contributed by atoms with van der Waals surface area (Å²) >= 11 is 0. The molecule has 0 radical (unpaired) electrons. The second-order valence-corrected chi connectivity index (χ2v) is 15.5. The first-order valence-electron chi connectivity index (χ1n) is 16.9. The fourth-order valence-corrected chi connectivity index (χ4v) is 8.56. The Morgan fingerprint density at radius 1 is 1.02 bits per heavy atom. The van der Waals surface area contributed by atoms with Gasteiger partial charge in [0, 0.05) is 17.9 Å². The monoisotopic (exact) mass is 654 g/mol. The van der Waals surface area contributed by atoms with Crippen molar-refractivity contribution >= 4 is 28.8 Å². The summed E-state index contributed by atoms with van der Waals surface area (Å²) in [6, 6.07) is 2.97. The predicted octanol–water partition coefficient (Wildman–Crippen LogP) is 5.51. The van der Waals surface area contributed by atoms with E-state index in [1.54, 1.807) is 25.1 Å². The molecule has 7 rings (SSSR count).